The molecule has 0 bridgehead atoms. The van der Waals surface area contributed by atoms with Crippen molar-refractivity contribution in [3.8, 4) is 5.75 Å². The summed E-state index contributed by atoms with van der Waals surface area (Å²) >= 11 is 6.88. The third kappa shape index (κ3) is 6.71. The molecule has 1 aromatic rings. The van der Waals surface area contributed by atoms with E-state index in [0.717, 1.165) is 29.9 Å². The highest BCUT2D eigenvalue weighted by Crippen LogP contribution is 2.34. The number of amides is 1. The van der Waals surface area contributed by atoms with Gasteiger partial charge in [-0.15, -0.1) is 0 Å². The van der Waals surface area contributed by atoms with Crippen LogP contribution in [0.5, 0.6) is 5.75 Å². The van der Waals surface area contributed by atoms with E-state index >= 15 is 0 Å². The summed E-state index contributed by atoms with van der Waals surface area (Å²) in [6.07, 6.45) is 16.9. The number of thiocarbonyl (C=S) groups is 1. The summed E-state index contributed by atoms with van der Waals surface area (Å²) in [7, 11) is 0. The zero-order valence-electron chi connectivity index (χ0n) is 18.0. The molecule has 1 saturated heterocycles. The molecule has 0 N–H and O–H groups in total. The number of rotatable bonds is 12. The first-order valence-corrected chi connectivity index (χ1v) is 12.6. The van der Waals surface area contributed by atoms with Gasteiger partial charge in [-0.1, -0.05) is 107 Å². The van der Waals surface area contributed by atoms with Crippen molar-refractivity contribution in [1.29, 1.82) is 0 Å². The van der Waals surface area contributed by atoms with Crippen molar-refractivity contribution >= 4 is 40.3 Å². The average molecular weight is 444 g/mol. The summed E-state index contributed by atoms with van der Waals surface area (Å²) in [6.45, 7) is 3.48. The van der Waals surface area contributed by atoms with E-state index in [1.54, 1.807) is 4.90 Å². The second-order valence-electron chi connectivity index (χ2n) is 8.06. The average Bonchev–Trinajstić information content (AvgIpc) is 3.02. The van der Waals surface area contributed by atoms with Crippen LogP contribution in [0.3, 0.4) is 0 Å². The van der Waals surface area contributed by atoms with E-state index in [2.05, 4.69) is 13.0 Å². The molecule has 3 nitrogen and oxygen atoms in total. The number of thioether (sulfide) groups is 1. The number of hydrogen-bond acceptors (Lipinski definition) is 4. The summed E-state index contributed by atoms with van der Waals surface area (Å²) in [4.78, 5) is 15.3. The number of ether oxygens (including phenoxy) is 1. The minimum atomic E-state index is 0.0423. The van der Waals surface area contributed by atoms with Crippen molar-refractivity contribution in [3.63, 3.8) is 0 Å². The van der Waals surface area contributed by atoms with Gasteiger partial charge in [-0.3, -0.25) is 9.69 Å². The summed E-state index contributed by atoms with van der Waals surface area (Å²) in [5, 5.41) is 0. The van der Waals surface area contributed by atoms with Crippen molar-refractivity contribution in [2.75, 3.05) is 13.2 Å². The van der Waals surface area contributed by atoms with E-state index < -0.39 is 0 Å². The van der Waals surface area contributed by atoms with Gasteiger partial charge in [0.2, 0.25) is 0 Å². The van der Waals surface area contributed by atoms with Gasteiger partial charge in [0.05, 0.1) is 4.91 Å². The van der Waals surface area contributed by atoms with Crippen molar-refractivity contribution in [1.82, 2.24) is 4.90 Å². The van der Waals surface area contributed by atoms with Crippen LogP contribution in [-0.2, 0) is 4.79 Å². The molecule has 0 radical (unpaired) electrons. The molecule has 5 heteroatoms. The summed E-state index contributed by atoms with van der Waals surface area (Å²) < 4.78 is 6.47. The van der Waals surface area contributed by atoms with Gasteiger partial charge in [-0.2, -0.15) is 0 Å². The molecule has 2 aliphatic heterocycles. The Morgan fingerprint density at radius 1 is 1.03 bits per heavy atom. The molecule has 2 aliphatic rings. The lowest BCUT2D eigenvalue weighted by Crippen LogP contribution is -2.29. The van der Waals surface area contributed by atoms with Crippen LogP contribution in [0.25, 0.3) is 6.08 Å². The fourth-order valence-corrected chi connectivity index (χ4v) is 5.16. The highest BCUT2D eigenvalue weighted by molar-refractivity contribution is 8.26. The minimum absolute atomic E-state index is 0.0423. The fourth-order valence-electron chi connectivity index (χ4n) is 3.84. The second kappa shape index (κ2) is 12.3. The van der Waals surface area contributed by atoms with E-state index in [0.29, 0.717) is 15.8 Å². The highest BCUT2D eigenvalue weighted by atomic mass is 32.2. The third-order valence-corrected chi connectivity index (χ3v) is 6.96. The number of unbranched alkanes of at least 4 members (excludes halogenated alkanes) is 9. The molecule has 0 unspecified atom stereocenters. The standard InChI is InChI=1S/C25H33NO2S2/c1-2-3-4-5-6-7-8-9-10-13-16-26-24(27)23(30-25(26)29)18-20-17-21-14-11-12-15-22(21)28-19-20/h11-12,14-15,17-18H,2-10,13,16,19H2,1H3/b23-18-. The highest BCUT2D eigenvalue weighted by Gasteiger charge is 2.31. The predicted octanol–water partition coefficient (Wildman–Crippen LogP) is 7.13. The Morgan fingerprint density at radius 2 is 1.70 bits per heavy atom. The van der Waals surface area contributed by atoms with E-state index in [9.17, 15) is 4.79 Å². The zero-order valence-corrected chi connectivity index (χ0v) is 19.7. The lowest BCUT2D eigenvalue weighted by atomic mass is 10.1. The summed E-state index contributed by atoms with van der Waals surface area (Å²) in [5.74, 6) is 0.934. The van der Waals surface area contributed by atoms with Gasteiger partial charge in [-0.05, 0) is 30.2 Å². The molecule has 1 aromatic carbocycles. The maximum atomic E-state index is 12.8. The zero-order chi connectivity index (χ0) is 21.2. The summed E-state index contributed by atoms with van der Waals surface area (Å²) in [6, 6.07) is 7.96. The molecule has 0 atom stereocenters. The first kappa shape index (κ1) is 23.1. The number of hydrogen-bond donors (Lipinski definition) is 0. The molecule has 2 heterocycles. The minimum Gasteiger partial charge on any atom is -0.488 e. The molecular weight excluding hydrogens is 410 g/mol. The second-order valence-corrected chi connectivity index (χ2v) is 9.74. The van der Waals surface area contributed by atoms with E-state index in [1.165, 1.54) is 69.5 Å². The van der Waals surface area contributed by atoms with Crippen LogP contribution in [0.1, 0.15) is 76.7 Å². The van der Waals surface area contributed by atoms with Crippen LogP contribution < -0.4 is 4.74 Å². The van der Waals surface area contributed by atoms with Crippen LogP contribution >= 0.6 is 24.0 Å². The molecule has 0 aromatic heterocycles. The Kier molecular flexibility index (Phi) is 9.47. The Hall–Kier alpha value is -1.59. The Bertz CT molecular complexity index is 800. The van der Waals surface area contributed by atoms with Crippen LogP contribution in [0, 0.1) is 0 Å². The molecular formula is C25H33NO2S2. The monoisotopic (exact) mass is 443 g/mol. The van der Waals surface area contributed by atoms with Crippen LogP contribution in [0.15, 0.2) is 40.8 Å². The number of benzene rings is 1. The van der Waals surface area contributed by atoms with Gasteiger partial charge >= 0.3 is 0 Å². The normalized spacial score (nSPS) is 17.3. The molecule has 3 rings (SSSR count). The third-order valence-electron chi connectivity index (χ3n) is 5.58. The van der Waals surface area contributed by atoms with Gasteiger partial charge in [0.15, 0.2) is 0 Å². The number of carbonyl (C=O) groups excluding carboxylic acids is 1. The van der Waals surface area contributed by atoms with E-state index in [-0.39, 0.29) is 5.91 Å². The van der Waals surface area contributed by atoms with Crippen LogP contribution in [0.2, 0.25) is 0 Å². The fraction of sp³-hybridized carbons (Fsp3) is 0.520. The SMILES string of the molecule is CCCCCCCCCCCCN1C(=O)/C(=C/C2=Cc3ccccc3OC2)SC1=S. The Labute approximate surface area is 190 Å². The van der Waals surface area contributed by atoms with Gasteiger partial charge in [0.25, 0.3) is 5.91 Å². The maximum Gasteiger partial charge on any atom is 0.266 e. The number of para-hydroxylation sites is 1. The van der Waals surface area contributed by atoms with Gasteiger partial charge in [-0.25, -0.2) is 0 Å². The first-order chi connectivity index (χ1) is 14.7. The molecule has 0 aliphatic carbocycles. The number of fused-ring (bicyclic) bond motifs is 1. The van der Waals surface area contributed by atoms with Crippen molar-refractivity contribution < 1.29 is 9.53 Å². The first-order valence-electron chi connectivity index (χ1n) is 11.4. The number of carbonyl (C=O) groups is 1. The van der Waals surface area contributed by atoms with Gasteiger partial charge in [0.1, 0.15) is 16.7 Å². The molecule has 162 valence electrons. The smallest absolute Gasteiger partial charge is 0.266 e. The van der Waals surface area contributed by atoms with Crippen molar-refractivity contribution in [3.05, 3.63) is 46.4 Å². The predicted molar refractivity (Wildman–Crippen MR) is 132 cm³/mol. The van der Waals surface area contributed by atoms with Crippen molar-refractivity contribution in [2.24, 2.45) is 0 Å². The molecule has 30 heavy (non-hydrogen) atoms. The lowest BCUT2D eigenvalue weighted by molar-refractivity contribution is -0.122. The Balaban J connectivity index is 1.40. The number of nitrogens with zero attached hydrogens (tertiary/aromatic N) is 1. The van der Waals surface area contributed by atoms with Crippen molar-refractivity contribution in [2.45, 2.75) is 71.1 Å². The van der Waals surface area contributed by atoms with Gasteiger partial charge in [0, 0.05) is 12.1 Å². The Morgan fingerprint density at radius 3 is 2.43 bits per heavy atom. The van der Waals surface area contributed by atoms with Gasteiger partial charge < -0.3 is 4.74 Å². The topological polar surface area (TPSA) is 29.5 Å². The molecule has 1 amide bonds. The summed E-state index contributed by atoms with van der Waals surface area (Å²) in [5.41, 5.74) is 2.06. The lowest BCUT2D eigenvalue weighted by Gasteiger charge is -2.16. The van der Waals surface area contributed by atoms with Crippen LogP contribution in [-0.4, -0.2) is 28.3 Å². The molecule has 0 saturated carbocycles. The maximum absolute atomic E-state index is 12.8. The van der Waals surface area contributed by atoms with E-state index in [4.69, 9.17) is 17.0 Å². The van der Waals surface area contributed by atoms with Crippen LogP contribution in [0.4, 0.5) is 0 Å². The largest absolute Gasteiger partial charge is 0.488 e. The molecule has 1 fully saturated rings. The molecule has 0 spiro atoms. The quantitative estimate of drug-likeness (QED) is 0.195. The van der Waals surface area contributed by atoms with E-state index in [1.807, 2.05) is 30.3 Å².